The third-order valence-corrected chi connectivity index (χ3v) is 1.46. The number of aromatic nitrogens is 2. The molecule has 0 radical (unpaired) electrons. The maximum absolute atomic E-state index is 10.9. The maximum Gasteiger partial charge on any atom is 0.213 e. The molecule has 0 aromatic carbocycles. The van der Waals surface area contributed by atoms with Crippen molar-refractivity contribution in [3.05, 3.63) is 22.7 Å². The summed E-state index contributed by atoms with van der Waals surface area (Å²) in [5.41, 5.74) is 5.10. The summed E-state index contributed by atoms with van der Waals surface area (Å²) < 4.78 is 0.742. The van der Waals surface area contributed by atoms with Gasteiger partial charge in [-0.3, -0.25) is 4.79 Å². The van der Waals surface area contributed by atoms with Gasteiger partial charge in [0.05, 0.1) is 11.0 Å². The molecule has 0 unspecified atom stereocenters. The summed E-state index contributed by atoms with van der Waals surface area (Å²) >= 11 is 3.15. The van der Waals surface area contributed by atoms with Gasteiger partial charge in [0.25, 0.3) is 0 Å². The zero-order valence-corrected chi connectivity index (χ0v) is 7.21. The highest BCUT2D eigenvalue weighted by molar-refractivity contribution is 9.10. The minimum atomic E-state index is -0.252. The number of ketones is 1. The Labute approximate surface area is 72.0 Å². The molecule has 58 valence electrons. The number of hydrogen-bond acceptors (Lipinski definition) is 4. The fourth-order valence-electron chi connectivity index (χ4n) is 0.548. The van der Waals surface area contributed by atoms with E-state index >= 15 is 0 Å². The topological polar surface area (TPSA) is 68.9 Å². The van der Waals surface area contributed by atoms with E-state index in [2.05, 4.69) is 25.9 Å². The molecule has 0 aliphatic carbocycles. The lowest BCUT2D eigenvalue weighted by molar-refractivity contribution is 0.0991. The quantitative estimate of drug-likeness (QED) is 0.725. The molecule has 0 saturated heterocycles. The predicted molar refractivity (Wildman–Crippen MR) is 43.1 cm³/mol. The average Bonchev–Trinajstić information content (AvgIpc) is 2.05. The molecule has 11 heavy (non-hydrogen) atoms. The third kappa shape index (κ3) is 2.06. The molecule has 1 aromatic rings. The summed E-state index contributed by atoms with van der Waals surface area (Å²) in [6, 6.07) is 0. The van der Waals surface area contributed by atoms with Crippen LogP contribution in [0.2, 0.25) is 0 Å². The average molecular weight is 216 g/mol. The van der Waals surface area contributed by atoms with Crippen LogP contribution in [0.1, 0.15) is 10.6 Å². The highest BCUT2D eigenvalue weighted by Crippen LogP contribution is 2.04. The molecule has 1 aromatic heterocycles. The molecule has 0 spiro atoms. The van der Waals surface area contributed by atoms with Crippen molar-refractivity contribution in [1.29, 1.82) is 0 Å². The Morgan fingerprint density at radius 2 is 2.09 bits per heavy atom. The number of carbonyl (C=O) groups excluding carboxylic acids is 1. The molecule has 0 saturated carbocycles. The van der Waals surface area contributed by atoms with Gasteiger partial charge in [0.15, 0.2) is 5.82 Å². The molecule has 2 N–H and O–H groups in total. The van der Waals surface area contributed by atoms with Gasteiger partial charge in [-0.1, -0.05) is 0 Å². The molecule has 1 rings (SSSR count). The molecule has 1 heterocycles. The number of hydrogen-bond donors (Lipinski definition) is 1. The summed E-state index contributed by atoms with van der Waals surface area (Å²) in [6.45, 7) is -0.0539. The lowest BCUT2D eigenvalue weighted by atomic mass is 10.4. The smallest absolute Gasteiger partial charge is 0.213 e. The summed E-state index contributed by atoms with van der Waals surface area (Å²) in [7, 11) is 0. The van der Waals surface area contributed by atoms with Gasteiger partial charge in [-0.05, 0) is 15.9 Å². The molecular weight excluding hydrogens is 210 g/mol. The van der Waals surface area contributed by atoms with Crippen LogP contribution >= 0.6 is 15.9 Å². The molecular formula is C6H6BrN3O. The van der Waals surface area contributed by atoms with E-state index < -0.39 is 0 Å². The number of Topliss-reactive ketones (excluding diaryl/α,β-unsaturated/α-hetero) is 1. The van der Waals surface area contributed by atoms with Crippen LogP contribution < -0.4 is 5.73 Å². The van der Waals surface area contributed by atoms with Gasteiger partial charge in [-0.15, -0.1) is 0 Å². The van der Waals surface area contributed by atoms with Crippen molar-refractivity contribution in [2.45, 2.75) is 0 Å². The SMILES string of the molecule is NCC(=O)c1ncc(Br)cn1. The molecule has 0 atom stereocenters. The van der Waals surface area contributed by atoms with Crippen molar-refractivity contribution >= 4 is 21.7 Å². The van der Waals surface area contributed by atoms with Crippen LogP contribution in [0.4, 0.5) is 0 Å². The molecule has 0 bridgehead atoms. The molecule has 5 heteroatoms. The summed E-state index contributed by atoms with van der Waals surface area (Å²) in [5.74, 6) is -0.0896. The van der Waals surface area contributed by atoms with Crippen molar-refractivity contribution < 1.29 is 4.79 Å². The Bertz CT molecular complexity index is 259. The van der Waals surface area contributed by atoms with E-state index in [1.165, 1.54) is 12.4 Å². The van der Waals surface area contributed by atoms with E-state index in [1.807, 2.05) is 0 Å². The van der Waals surface area contributed by atoms with Gasteiger partial charge in [0.2, 0.25) is 5.78 Å². The van der Waals surface area contributed by atoms with Crippen LogP contribution in [0.3, 0.4) is 0 Å². The fourth-order valence-corrected chi connectivity index (χ4v) is 0.752. The van der Waals surface area contributed by atoms with Crippen LogP contribution in [-0.2, 0) is 0 Å². The van der Waals surface area contributed by atoms with E-state index in [0.717, 1.165) is 4.47 Å². The summed E-state index contributed by atoms with van der Waals surface area (Å²) in [6.07, 6.45) is 3.02. The van der Waals surface area contributed by atoms with Crippen molar-refractivity contribution in [1.82, 2.24) is 9.97 Å². The minimum absolute atomic E-state index is 0.0539. The van der Waals surface area contributed by atoms with Gasteiger partial charge in [-0.2, -0.15) is 0 Å². The highest BCUT2D eigenvalue weighted by atomic mass is 79.9. The van der Waals surface area contributed by atoms with Crippen LogP contribution in [0.25, 0.3) is 0 Å². The van der Waals surface area contributed by atoms with Crippen molar-refractivity contribution in [3.63, 3.8) is 0 Å². The first kappa shape index (κ1) is 8.29. The largest absolute Gasteiger partial charge is 0.324 e. The molecule has 0 aliphatic heterocycles. The summed E-state index contributed by atoms with van der Waals surface area (Å²) in [4.78, 5) is 18.4. The zero-order chi connectivity index (χ0) is 8.27. The second-order valence-corrected chi connectivity index (χ2v) is 2.77. The van der Waals surface area contributed by atoms with Crippen molar-refractivity contribution in [2.24, 2.45) is 5.73 Å². The van der Waals surface area contributed by atoms with E-state index in [0.29, 0.717) is 0 Å². The van der Waals surface area contributed by atoms with Crippen LogP contribution in [0.15, 0.2) is 16.9 Å². The lowest BCUT2D eigenvalue weighted by Crippen LogP contribution is -2.16. The number of carbonyl (C=O) groups is 1. The van der Waals surface area contributed by atoms with Gasteiger partial charge in [-0.25, -0.2) is 9.97 Å². The summed E-state index contributed by atoms with van der Waals surface area (Å²) in [5, 5.41) is 0. The van der Waals surface area contributed by atoms with E-state index in [9.17, 15) is 4.79 Å². The second-order valence-electron chi connectivity index (χ2n) is 1.85. The lowest BCUT2D eigenvalue weighted by Gasteiger charge is -1.93. The third-order valence-electron chi connectivity index (χ3n) is 1.06. The van der Waals surface area contributed by atoms with Crippen LogP contribution in [0, 0.1) is 0 Å². The Morgan fingerprint density at radius 3 is 2.55 bits per heavy atom. The first-order chi connectivity index (χ1) is 5.24. The Morgan fingerprint density at radius 1 is 1.55 bits per heavy atom. The van der Waals surface area contributed by atoms with Gasteiger partial charge in [0.1, 0.15) is 0 Å². The first-order valence-corrected chi connectivity index (χ1v) is 3.74. The van der Waals surface area contributed by atoms with Gasteiger partial charge in [0, 0.05) is 12.4 Å². The van der Waals surface area contributed by atoms with E-state index in [1.54, 1.807) is 0 Å². The second kappa shape index (κ2) is 3.54. The Kier molecular flexibility index (Phi) is 2.67. The number of rotatable bonds is 2. The first-order valence-electron chi connectivity index (χ1n) is 2.95. The van der Waals surface area contributed by atoms with Crippen LogP contribution in [-0.4, -0.2) is 22.3 Å². The number of nitrogens with two attached hydrogens (primary N) is 1. The normalized spacial score (nSPS) is 9.64. The fraction of sp³-hybridized carbons (Fsp3) is 0.167. The highest BCUT2D eigenvalue weighted by Gasteiger charge is 2.04. The molecule has 0 amide bonds. The monoisotopic (exact) mass is 215 g/mol. The van der Waals surface area contributed by atoms with Crippen LogP contribution in [0.5, 0.6) is 0 Å². The Hall–Kier alpha value is -0.810. The molecule has 0 fully saturated rings. The molecule has 0 aliphatic rings. The predicted octanol–water partition coefficient (Wildman–Crippen LogP) is 0.380. The number of halogens is 1. The molecule has 4 nitrogen and oxygen atoms in total. The standard InChI is InChI=1S/C6H6BrN3O/c7-4-2-9-6(10-3-4)5(11)1-8/h2-3H,1,8H2. The van der Waals surface area contributed by atoms with Gasteiger partial charge >= 0.3 is 0 Å². The van der Waals surface area contributed by atoms with E-state index in [4.69, 9.17) is 5.73 Å². The van der Waals surface area contributed by atoms with Crippen molar-refractivity contribution in [3.8, 4) is 0 Å². The Balaban J connectivity index is 2.90. The van der Waals surface area contributed by atoms with E-state index in [-0.39, 0.29) is 18.2 Å². The zero-order valence-electron chi connectivity index (χ0n) is 5.62. The number of nitrogens with zero attached hydrogens (tertiary/aromatic N) is 2. The minimum Gasteiger partial charge on any atom is -0.324 e. The maximum atomic E-state index is 10.9. The van der Waals surface area contributed by atoms with Gasteiger partial charge < -0.3 is 5.73 Å². The van der Waals surface area contributed by atoms with Crippen molar-refractivity contribution in [2.75, 3.05) is 6.54 Å².